The van der Waals surface area contributed by atoms with Gasteiger partial charge in [-0.25, -0.2) is 0 Å². The van der Waals surface area contributed by atoms with Crippen molar-refractivity contribution in [2.45, 2.75) is 19.5 Å². The lowest BCUT2D eigenvalue weighted by Crippen LogP contribution is -2.45. The van der Waals surface area contributed by atoms with E-state index in [1.807, 2.05) is 24.5 Å². The summed E-state index contributed by atoms with van der Waals surface area (Å²) in [5.74, 6) is 0. The summed E-state index contributed by atoms with van der Waals surface area (Å²) in [5.41, 5.74) is 3.73. The van der Waals surface area contributed by atoms with E-state index in [2.05, 4.69) is 40.3 Å². The third-order valence-corrected chi connectivity index (χ3v) is 4.46. The summed E-state index contributed by atoms with van der Waals surface area (Å²) < 4.78 is 0. The fraction of sp³-hybridized carbons (Fsp3) is 0.353. The van der Waals surface area contributed by atoms with E-state index in [1.54, 1.807) is 0 Å². The van der Waals surface area contributed by atoms with Crippen molar-refractivity contribution in [3.63, 3.8) is 0 Å². The van der Waals surface area contributed by atoms with Crippen LogP contribution in [0.2, 0.25) is 5.02 Å². The van der Waals surface area contributed by atoms with Crippen LogP contribution in [0.15, 0.2) is 42.7 Å². The molecule has 1 atom stereocenters. The molecule has 1 aromatic heterocycles. The van der Waals surface area contributed by atoms with Gasteiger partial charge in [0.1, 0.15) is 0 Å². The molecule has 1 fully saturated rings. The zero-order valence-electron chi connectivity index (χ0n) is 12.2. The number of halogens is 1. The van der Waals surface area contributed by atoms with Gasteiger partial charge in [0.25, 0.3) is 0 Å². The zero-order chi connectivity index (χ0) is 14.7. The molecule has 1 aliphatic heterocycles. The maximum atomic E-state index is 6.12. The highest BCUT2D eigenvalue weighted by Crippen LogP contribution is 2.25. The monoisotopic (exact) mass is 301 g/mol. The molecule has 110 valence electrons. The van der Waals surface area contributed by atoms with E-state index < -0.39 is 0 Å². The van der Waals surface area contributed by atoms with E-state index in [1.165, 1.54) is 11.1 Å². The lowest BCUT2D eigenvalue weighted by molar-refractivity contribution is 0.153. The Kier molecular flexibility index (Phi) is 4.54. The Labute approximate surface area is 131 Å². The largest absolute Gasteiger partial charge is 0.314 e. The van der Waals surface area contributed by atoms with Crippen LogP contribution in [0.5, 0.6) is 0 Å². The fourth-order valence-corrected chi connectivity index (χ4v) is 2.99. The summed E-state index contributed by atoms with van der Waals surface area (Å²) >= 11 is 6.12. The van der Waals surface area contributed by atoms with Gasteiger partial charge in [0.05, 0.1) is 0 Å². The number of rotatable bonds is 3. The quantitative estimate of drug-likeness (QED) is 0.944. The first kappa shape index (κ1) is 14.5. The Bertz CT molecular complexity index is 600. The minimum atomic E-state index is 0.378. The average Bonchev–Trinajstić information content (AvgIpc) is 2.52. The van der Waals surface area contributed by atoms with Crippen molar-refractivity contribution in [2.75, 3.05) is 19.6 Å². The first-order valence-electron chi connectivity index (χ1n) is 7.34. The van der Waals surface area contributed by atoms with Crippen LogP contribution in [0.1, 0.15) is 22.7 Å². The summed E-state index contributed by atoms with van der Waals surface area (Å²) in [6.07, 6.45) is 3.80. The third kappa shape index (κ3) is 3.43. The minimum Gasteiger partial charge on any atom is -0.314 e. The highest BCUT2D eigenvalue weighted by atomic mass is 35.5. The van der Waals surface area contributed by atoms with Gasteiger partial charge in [-0.2, -0.15) is 0 Å². The van der Waals surface area contributed by atoms with Gasteiger partial charge in [0.2, 0.25) is 0 Å². The van der Waals surface area contributed by atoms with Crippen LogP contribution in [0.4, 0.5) is 0 Å². The second-order valence-electron chi connectivity index (χ2n) is 5.56. The van der Waals surface area contributed by atoms with Crippen molar-refractivity contribution in [3.8, 4) is 0 Å². The third-order valence-electron chi connectivity index (χ3n) is 4.03. The fourth-order valence-electron chi connectivity index (χ4n) is 2.88. The zero-order valence-corrected chi connectivity index (χ0v) is 13.0. The Morgan fingerprint density at radius 3 is 3.05 bits per heavy atom. The number of aryl methyl sites for hydroxylation is 1. The van der Waals surface area contributed by atoms with Crippen molar-refractivity contribution >= 4 is 11.6 Å². The van der Waals surface area contributed by atoms with Crippen molar-refractivity contribution < 1.29 is 0 Å². The molecule has 1 aliphatic rings. The topological polar surface area (TPSA) is 28.2 Å². The van der Waals surface area contributed by atoms with Crippen LogP contribution >= 0.6 is 11.6 Å². The molecule has 1 N–H and O–H groups in total. The van der Waals surface area contributed by atoms with Crippen molar-refractivity contribution in [3.05, 3.63) is 64.4 Å². The summed E-state index contributed by atoms with van der Waals surface area (Å²) in [7, 11) is 0. The van der Waals surface area contributed by atoms with Crippen molar-refractivity contribution in [2.24, 2.45) is 0 Å². The molecule has 0 saturated carbocycles. The van der Waals surface area contributed by atoms with Gasteiger partial charge < -0.3 is 5.32 Å². The van der Waals surface area contributed by atoms with Gasteiger partial charge in [0.15, 0.2) is 0 Å². The Morgan fingerprint density at radius 1 is 1.38 bits per heavy atom. The Hall–Kier alpha value is -1.42. The molecule has 0 amide bonds. The number of piperazine rings is 1. The smallest absolute Gasteiger partial charge is 0.0491 e. The molecule has 0 aliphatic carbocycles. The first-order chi connectivity index (χ1) is 10.2. The average molecular weight is 302 g/mol. The number of nitrogens with one attached hydrogen (secondary N) is 1. The van der Waals surface area contributed by atoms with Crippen molar-refractivity contribution in [1.82, 2.24) is 15.2 Å². The Morgan fingerprint density at radius 2 is 2.29 bits per heavy atom. The van der Waals surface area contributed by atoms with E-state index in [4.69, 9.17) is 11.6 Å². The van der Waals surface area contributed by atoms with Gasteiger partial charge in [0, 0.05) is 49.6 Å². The summed E-state index contributed by atoms with van der Waals surface area (Å²) in [6.45, 7) is 6.05. The van der Waals surface area contributed by atoms with E-state index >= 15 is 0 Å². The molecular formula is C17H20ClN3. The lowest BCUT2D eigenvalue weighted by Gasteiger charge is -2.36. The Balaban J connectivity index is 1.79. The maximum Gasteiger partial charge on any atom is 0.0491 e. The van der Waals surface area contributed by atoms with Crippen LogP contribution in [-0.2, 0) is 6.54 Å². The van der Waals surface area contributed by atoms with Gasteiger partial charge in [-0.15, -0.1) is 0 Å². The number of hydrogen-bond donors (Lipinski definition) is 1. The number of pyridine rings is 1. The summed E-state index contributed by atoms with van der Waals surface area (Å²) in [5, 5.41) is 4.32. The number of nitrogens with zero attached hydrogens (tertiary/aromatic N) is 2. The van der Waals surface area contributed by atoms with Crippen molar-refractivity contribution in [1.29, 1.82) is 0 Å². The maximum absolute atomic E-state index is 6.12. The predicted octanol–water partition coefficient (Wildman–Crippen LogP) is 3.19. The van der Waals surface area contributed by atoms with E-state index in [0.717, 1.165) is 36.8 Å². The summed E-state index contributed by atoms with van der Waals surface area (Å²) in [4.78, 5) is 6.77. The molecule has 2 heterocycles. The molecule has 3 rings (SSSR count). The lowest BCUT2D eigenvalue weighted by atomic mass is 10.0. The molecule has 0 spiro atoms. The molecule has 0 radical (unpaired) electrons. The van der Waals surface area contributed by atoms with Crippen LogP contribution in [-0.4, -0.2) is 29.5 Å². The minimum absolute atomic E-state index is 0.378. The van der Waals surface area contributed by atoms with Gasteiger partial charge in [-0.1, -0.05) is 29.8 Å². The van der Waals surface area contributed by atoms with Gasteiger partial charge in [-0.3, -0.25) is 9.88 Å². The summed E-state index contributed by atoms with van der Waals surface area (Å²) in [6, 6.07) is 10.8. The predicted molar refractivity (Wildman–Crippen MR) is 86.4 cm³/mol. The number of hydrogen-bond acceptors (Lipinski definition) is 3. The van der Waals surface area contributed by atoms with E-state index in [9.17, 15) is 0 Å². The second kappa shape index (κ2) is 6.56. The molecule has 1 saturated heterocycles. The molecular weight excluding hydrogens is 282 g/mol. The molecule has 1 aromatic carbocycles. The number of aromatic nitrogens is 1. The normalized spacial score (nSPS) is 19.6. The molecule has 2 aromatic rings. The van der Waals surface area contributed by atoms with Crippen LogP contribution in [0.3, 0.4) is 0 Å². The van der Waals surface area contributed by atoms with Gasteiger partial charge >= 0.3 is 0 Å². The molecule has 0 bridgehead atoms. The van der Waals surface area contributed by atoms with Crippen LogP contribution in [0.25, 0.3) is 0 Å². The molecule has 21 heavy (non-hydrogen) atoms. The van der Waals surface area contributed by atoms with Crippen LogP contribution < -0.4 is 5.32 Å². The van der Waals surface area contributed by atoms with Gasteiger partial charge in [-0.05, 0) is 35.7 Å². The first-order valence-corrected chi connectivity index (χ1v) is 7.71. The number of benzene rings is 1. The SMILES string of the molecule is Cc1cc(CN2CCNCC2c2cccnc2)ccc1Cl. The highest BCUT2D eigenvalue weighted by molar-refractivity contribution is 6.31. The van der Waals surface area contributed by atoms with Crippen LogP contribution in [0, 0.1) is 6.92 Å². The van der Waals surface area contributed by atoms with E-state index in [0.29, 0.717) is 6.04 Å². The molecule has 1 unspecified atom stereocenters. The highest BCUT2D eigenvalue weighted by Gasteiger charge is 2.23. The standard InChI is InChI=1S/C17H20ClN3/c1-13-9-14(4-5-16(13)18)12-21-8-7-20-11-17(21)15-3-2-6-19-10-15/h2-6,9-10,17,20H,7-8,11-12H2,1H3. The second-order valence-corrected chi connectivity index (χ2v) is 5.97. The molecule has 4 heteroatoms. The molecule has 3 nitrogen and oxygen atoms in total. The van der Waals surface area contributed by atoms with E-state index in [-0.39, 0.29) is 0 Å².